The van der Waals surface area contributed by atoms with E-state index < -0.39 is 0 Å². The number of benzene rings is 1. The van der Waals surface area contributed by atoms with Crippen LogP contribution in [0.25, 0.3) is 11.0 Å². The topological polar surface area (TPSA) is 66.5 Å². The minimum Gasteiger partial charge on any atom is -0.350 e. The van der Waals surface area contributed by atoms with Crippen LogP contribution in [-0.4, -0.2) is 19.3 Å². The molecule has 0 saturated carbocycles. The van der Waals surface area contributed by atoms with E-state index in [9.17, 15) is 0 Å². The maximum absolute atomic E-state index is 4.71. The standard InChI is InChI=1S/C16H21N5S/c1-9(2)13(19-16-20-14(10(3)4)21-22-16)15-17-11-7-5-6-8-12(11)18-15/h5-10,13H,1-4H3,(H,17,18)(H,19,20,21)/t13-/m0/s1. The fraction of sp³-hybridized carbons (Fsp3) is 0.438. The number of fused-ring (bicyclic) bond motifs is 1. The summed E-state index contributed by atoms with van der Waals surface area (Å²) in [6.07, 6.45) is 0. The van der Waals surface area contributed by atoms with Crippen molar-refractivity contribution in [3.8, 4) is 0 Å². The SMILES string of the molecule is CC(C)c1nsc(N[C@H](c2nc3ccccc3[nH]2)C(C)C)n1. The number of imidazole rings is 1. The van der Waals surface area contributed by atoms with Crippen molar-refractivity contribution in [2.45, 2.75) is 39.7 Å². The van der Waals surface area contributed by atoms with Gasteiger partial charge >= 0.3 is 0 Å². The van der Waals surface area contributed by atoms with Crippen molar-refractivity contribution in [3.05, 3.63) is 35.9 Å². The normalized spacial score (nSPS) is 13.2. The number of hydrogen-bond acceptors (Lipinski definition) is 5. The molecule has 0 saturated heterocycles. The number of H-pyrrole nitrogens is 1. The van der Waals surface area contributed by atoms with E-state index in [1.165, 1.54) is 11.5 Å². The minimum absolute atomic E-state index is 0.0837. The van der Waals surface area contributed by atoms with E-state index in [4.69, 9.17) is 4.98 Å². The highest BCUT2D eigenvalue weighted by Gasteiger charge is 2.21. The lowest BCUT2D eigenvalue weighted by Gasteiger charge is -2.19. The fourth-order valence-electron chi connectivity index (χ4n) is 2.33. The number of anilines is 1. The Hall–Kier alpha value is -1.95. The average molecular weight is 315 g/mol. The van der Waals surface area contributed by atoms with Crippen molar-refractivity contribution in [3.63, 3.8) is 0 Å². The Morgan fingerprint density at radius 1 is 1.09 bits per heavy atom. The van der Waals surface area contributed by atoms with Crippen LogP contribution in [0.15, 0.2) is 24.3 Å². The van der Waals surface area contributed by atoms with E-state index >= 15 is 0 Å². The summed E-state index contributed by atoms with van der Waals surface area (Å²) in [5, 5.41) is 4.33. The molecule has 0 fully saturated rings. The lowest BCUT2D eigenvalue weighted by atomic mass is 10.0. The molecule has 0 spiro atoms. The molecular weight excluding hydrogens is 294 g/mol. The summed E-state index contributed by atoms with van der Waals surface area (Å²) in [5.41, 5.74) is 2.05. The Morgan fingerprint density at radius 2 is 1.86 bits per heavy atom. The van der Waals surface area contributed by atoms with Gasteiger partial charge in [0.05, 0.1) is 17.1 Å². The van der Waals surface area contributed by atoms with Crippen molar-refractivity contribution < 1.29 is 0 Å². The van der Waals surface area contributed by atoms with Gasteiger partial charge in [0.2, 0.25) is 5.13 Å². The van der Waals surface area contributed by atoms with Crippen LogP contribution < -0.4 is 5.32 Å². The summed E-state index contributed by atoms with van der Waals surface area (Å²) in [5.74, 6) is 2.56. The zero-order valence-electron chi connectivity index (χ0n) is 13.3. The molecule has 3 aromatic rings. The summed E-state index contributed by atoms with van der Waals surface area (Å²) >= 11 is 1.41. The van der Waals surface area contributed by atoms with Gasteiger partial charge in [-0.05, 0) is 18.1 Å². The van der Waals surface area contributed by atoms with Gasteiger partial charge in [-0.3, -0.25) is 0 Å². The van der Waals surface area contributed by atoms with Gasteiger partial charge in [0.25, 0.3) is 0 Å². The second-order valence-corrected chi connectivity index (χ2v) is 6.87. The smallest absolute Gasteiger partial charge is 0.203 e. The van der Waals surface area contributed by atoms with Crippen LogP contribution in [0, 0.1) is 5.92 Å². The summed E-state index contributed by atoms with van der Waals surface area (Å²) in [6.45, 7) is 8.56. The third-order valence-corrected chi connectivity index (χ3v) is 4.27. The van der Waals surface area contributed by atoms with E-state index in [2.05, 4.69) is 47.4 Å². The molecule has 0 radical (unpaired) electrons. The van der Waals surface area contributed by atoms with Crippen molar-refractivity contribution in [1.29, 1.82) is 0 Å². The molecule has 5 nitrogen and oxygen atoms in total. The quantitative estimate of drug-likeness (QED) is 0.734. The molecule has 0 bridgehead atoms. The number of aromatic nitrogens is 4. The zero-order chi connectivity index (χ0) is 15.7. The highest BCUT2D eigenvalue weighted by Crippen LogP contribution is 2.28. The first-order chi connectivity index (χ1) is 10.5. The molecule has 116 valence electrons. The molecule has 3 rings (SSSR count). The predicted octanol–water partition coefficient (Wildman–Crippen LogP) is 4.35. The molecule has 6 heteroatoms. The van der Waals surface area contributed by atoms with Gasteiger partial charge in [-0.25, -0.2) is 9.97 Å². The van der Waals surface area contributed by atoms with Crippen LogP contribution in [0.3, 0.4) is 0 Å². The van der Waals surface area contributed by atoms with E-state index in [0.717, 1.165) is 27.8 Å². The minimum atomic E-state index is 0.0837. The van der Waals surface area contributed by atoms with Crippen molar-refractivity contribution in [2.75, 3.05) is 5.32 Å². The number of hydrogen-bond donors (Lipinski definition) is 2. The first-order valence-electron chi connectivity index (χ1n) is 7.59. The van der Waals surface area contributed by atoms with Crippen molar-refractivity contribution in [2.24, 2.45) is 5.92 Å². The molecule has 2 aromatic heterocycles. The molecule has 0 amide bonds. The molecular formula is C16H21N5S. The molecule has 1 atom stereocenters. The third kappa shape index (κ3) is 2.97. The Bertz CT molecular complexity index is 726. The van der Waals surface area contributed by atoms with Gasteiger partial charge in [-0.2, -0.15) is 4.37 Å². The first kappa shape index (κ1) is 15.0. The molecule has 2 heterocycles. The van der Waals surface area contributed by atoms with Crippen LogP contribution in [-0.2, 0) is 0 Å². The summed E-state index contributed by atoms with van der Waals surface area (Å²) in [6, 6.07) is 8.17. The number of aromatic amines is 1. The Morgan fingerprint density at radius 3 is 2.50 bits per heavy atom. The molecule has 0 aliphatic heterocycles. The van der Waals surface area contributed by atoms with Gasteiger partial charge in [0.1, 0.15) is 11.6 Å². The van der Waals surface area contributed by atoms with E-state index in [1.54, 1.807) is 0 Å². The maximum atomic E-state index is 4.71. The monoisotopic (exact) mass is 315 g/mol. The second kappa shape index (κ2) is 6.04. The van der Waals surface area contributed by atoms with Gasteiger partial charge in [-0.1, -0.05) is 39.8 Å². The Labute approximate surface area is 134 Å². The van der Waals surface area contributed by atoms with Gasteiger partial charge in [0, 0.05) is 17.5 Å². The first-order valence-corrected chi connectivity index (χ1v) is 8.36. The van der Waals surface area contributed by atoms with Crippen molar-refractivity contribution in [1.82, 2.24) is 19.3 Å². The molecule has 0 aliphatic rings. The average Bonchev–Trinajstić information content (AvgIpc) is 3.10. The van der Waals surface area contributed by atoms with Gasteiger partial charge in [-0.15, -0.1) is 0 Å². The second-order valence-electron chi connectivity index (χ2n) is 6.12. The van der Waals surface area contributed by atoms with Gasteiger partial charge in [0.15, 0.2) is 0 Å². The highest BCUT2D eigenvalue weighted by molar-refractivity contribution is 7.09. The van der Waals surface area contributed by atoms with Crippen LogP contribution in [0.5, 0.6) is 0 Å². The largest absolute Gasteiger partial charge is 0.350 e. The van der Waals surface area contributed by atoms with Crippen LogP contribution in [0.4, 0.5) is 5.13 Å². The van der Waals surface area contributed by atoms with E-state index in [0.29, 0.717) is 11.8 Å². The molecule has 2 N–H and O–H groups in total. The predicted molar refractivity (Wildman–Crippen MR) is 91.3 cm³/mol. The molecule has 0 aliphatic carbocycles. The van der Waals surface area contributed by atoms with E-state index in [1.807, 2.05) is 24.3 Å². The van der Waals surface area contributed by atoms with Crippen LogP contribution >= 0.6 is 11.5 Å². The molecule has 0 unspecified atom stereocenters. The number of rotatable bonds is 5. The van der Waals surface area contributed by atoms with E-state index in [-0.39, 0.29) is 6.04 Å². The fourth-order valence-corrected chi connectivity index (χ4v) is 3.08. The summed E-state index contributed by atoms with van der Waals surface area (Å²) in [4.78, 5) is 12.7. The Balaban J connectivity index is 1.88. The van der Waals surface area contributed by atoms with Gasteiger partial charge < -0.3 is 10.3 Å². The highest BCUT2D eigenvalue weighted by atomic mass is 32.1. The lowest BCUT2D eigenvalue weighted by Crippen LogP contribution is -2.18. The number of nitrogens with zero attached hydrogens (tertiary/aromatic N) is 3. The zero-order valence-corrected chi connectivity index (χ0v) is 14.1. The number of para-hydroxylation sites is 2. The van der Waals surface area contributed by atoms with Crippen LogP contribution in [0.2, 0.25) is 0 Å². The molecule has 1 aromatic carbocycles. The maximum Gasteiger partial charge on any atom is 0.203 e. The lowest BCUT2D eigenvalue weighted by molar-refractivity contribution is 0.526. The van der Waals surface area contributed by atoms with Crippen LogP contribution in [0.1, 0.15) is 51.3 Å². The summed E-state index contributed by atoms with van der Waals surface area (Å²) in [7, 11) is 0. The summed E-state index contributed by atoms with van der Waals surface area (Å²) < 4.78 is 4.40. The third-order valence-electron chi connectivity index (χ3n) is 3.61. The van der Waals surface area contributed by atoms with Crippen molar-refractivity contribution >= 4 is 27.7 Å². The Kier molecular flexibility index (Phi) is 4.11. The molecule has 22 heavy (non-hydrogen) atoms. The number of nitrogens with one attached hydrogen (secondary N) is 2.